The second-order valence-corrected chi connectivity index (χ2v) is 4.53. The van der Waals surface area contributed by atoms with Gasteiger partial charge in [-0.15, -0.1) is 0 Å². The lowest BCUT2D eigenvalue weighted by molar-refractivity contribution is 0.0784. The van der Waals surface area contributed by atoms with Crippen LogP contribution in [0.3, 0.4) is 0 Å². The molecule has 1 heterocycles. The second kappa shape index (κ2) is 5.52. The van der Waals surface area contributed by atoms with Crippen molar-refractivity contribution in [3.8, 4) is 0 Å². The van der Waals surface area contributed by atoms with Crippen LogP contribution in [0.1, 0.15) is 21.5 Å². The maximum Gasteiger partial charge on any atom is 0.254 e. The van der Waals surface area contributed by atoms with Gasteiger partial charge in [-0.05, 0) is 24.1 Å². The Morgan fingerprint density at radius 1 is 1.26 bits per heavy atom. The number of carbonyl (C=O) groups is 1. The summed E-state index contributed by atoms with van der Waals surface area (Å²) in [7, 11) is 1.73. The number of nitrogens with one attached hydrogen (secondary N) is 1. The van der Waals surface area contributed by atoms with E-state index in [1.807, 2.05) is 31.2 Å². The van der Waals surface area contributed by atoms with Crippen LogP contribution in [0.2, 0.25) is 0 Å². The van der Waals surface area contributed by atoms with Gasteiger partial charge in [0.1, 0.15) is 0 Å². The van der Waals surface area contributed by atoms with Crippen molar-refractivity contribution in [3.63, 3.8) is 0 Å². The molecule has 4 heteroatoms. The highest BCUT2D eigenvalue weighted by molar-refractivity contribution is 5.93. The van der Waals surface area contributed by atoms with Crippen molar-refractivity contribution in [1.82, 2.24) is 9.88 Å². The van der Waals surface area contributed by atoms with E-state index in [4.69, 9.17) is 0 Å². The number of H-pyrrole nitrogens is 1. The van der Waals surface area contributed by atoms with Gasteiger partial charge in [0.25, 0.3) is 5.91 Å². The van der Waals surface area contributed by atoms with Crippen molar-refractivity contribution in [3.05, 3.63) is 69.6 Å². The molecule has 1 amide bonds. The van der Waals surface area contributed by atoms with E-state index in [-0.39, 0.29) is 11.5 Å². The van der Waals surface area contributed by atoms with Crippen molar-refractivity contribution in [2.75, 3.05) is 7.05 Å². The first-order valence-electron chi connectivity index (χ1n) is 6.06. The van der Waals surface area contributed by atoms with Crippen LogP contribution in [0.5, 0.6) is 0 Å². The van der Waals surface area contributed by atoms with Gasteiger partial charge < -0.3 is 9.88 Å². The fraction of sp³-hybridized carbons (Fsp3) is 0.200. The quantitative estimate of drug-likeness (QED) is 0.912. The van der Waals surface area contributed by atoms with E-state index in [1.54, 1.807) is 18.0 Å². The standard InChI is InChI=1S/C15H16N2O2/c1-11-5-3-4-6-13(11)10-17(2)15(19)12-7-8-16-14(18)9-12/h3-9H,10H2,1-2H3,(H,16,18). The van der Waals surface area contributed by atoms with Gasteiger partial charge in [-0.1, -0.05) is 24.3 Å². The highest BCUT2D eigenvalue weighted by Gasteiger charge is 2.12. The fourth-order valence-electron chi connectivity index (χ4n) is 1.91. The van der Waals surface area contributed by atoms with Crippen molar-refractivity contribution in [2.24, 2.45) is 0 Å². The smallest absolute Gasteiger partial charge is 0.254 e. The molecule has 2 aromatic rings. The maximum absolute atomic E-state index is 12.2. The summed E-state index contributed by atoms with van der Waals surface area (Å²) in [5.74, 6) is -0.158. The van der Waals surface area contributed by atoms with E-state index in [0.717, 1.165) is 11.1 Å². The summed E-state index contributed by atoms with van der Waals surface area (Å²) in [5, 5.41) is 0. The average molecular weight is 256 g/mol. The van der Waals surface area contributed by atoms with Crippen molar-refractivity contribution in [1.29, 1.82) is 0 Å². The molecule has 0 fully saturated rings. The number of nitrogens with zero attached hydrogens (tertiary/aromatic N) is 1. The number of aromatic amines is 1. The first-order valence-corrected chi connectivity index (χ1v) is 6.06. The zero-order valence-electron chi connectivity index (χ0n) is 11.0. The molecule has 1 aromatic heterocycles. The Morgan fingerprint density at radius 3 is 2.68 bits per heavy atom. The minimum Gasteiger partial charge on any atom is -0.337 e. The van der Waals surface area contributed by atoms with Crippen LogP contribution in [0.4, 0.5) is 0 Å². The zero-order chi connectivity index (χ0) is 13.8. The summed E-state index contributed by atoms with van der Waals surface area (Å²) in [6, 6.07) is 10.9. The predicted molar refractivity (Wildman–Crippen MR) is 74.0 cm³/mol. The molecule has 0 bridgehead atoms. The van der Waals surface area contributed by atoms with Crippen LogP contribution in [0.15, 0.2) is 47.4 Å². The van der Waals surface area contributed by atoms with Gasteiger partial charge in [0.15, 0.2) is 0 Å². The van der Waals surface area contributed by atoms with E-state index >= 15 is 0 Å². The lowest BCUT2D eigenvalue weighted by atomic mass is 10.1. The number of rotatable bonds is 3. The van der Waals surface area contributed by atoms with Crippen molar-refractivity contribution < 1.29 is 4.79 Å². The van der Waals surface area contributed by atoms with Crippen LogP contribution in [-0.4, -0.2) is 22.8 Å². The molecule has 0 saturated carbocycles. The van der Waals surface area contributed by atoms with Gasteiger partial charge in [-0.3, -0.25) is 9.59 Å². The second-order valence-electron chi connectivity index (χ2n) is 4.53. The number of amides is 1. The Labute approximate surface area is 111 Å². The third-order valence-electron chi connectivity index (χ3n) is 3.04. The first kappa shape index (κ1) is 13.1. The Hall–Kier alpha value is -2.36. The number of aryl methyl sites for hydroxylation is 1. The number of carbonyl (C=O) groups excluding carboxylic acids is 1. The Balaban J connectivity index is 2.16. The third kappa shape index (κ3) is 3.10. The van der Waals surface area contributed by atoms with E-state index < -0.39 is 0 Å². The minimum atomic E-state index is -0.268. The molecule has 0 radical (unpaired) electrons. The molecule has 0 aliphatic carbocycles. The topological polar surface area (TPSA) is 53.2 Å². The molecule has 0 atom stereocenters. The van der Waals surface area contributed by atoms with Crippen LogP contribution in [0.25, 0.3) is 0 Å². The zero-order valence-corrected chi connectivity index (χ0v) is 11.0. The largest absolute Gasteiger partial charge is 0.337 e. The van der Waals surface area contributed by atoms with Crippen LogP contribution < -0.4 is 5.56 Å². The minimum absolute atomic E-state index is 0.158. The Kier molecular flexibility index (Phi) is 3.80. The number of hydrogen-bond donors (Lipinski definition) is 1. The highest BCUT2D eigenvalue weighted by atomic mass is 16.2. The molecule has 1 aromatic carbocycles. The summed E-state index contributed by atoms with van der Waals surface area (Å²) in [4.78, 5) is 27.5. The summed E-state index contributed by atoms with van der Waals surface area (Å²) < 4.78 is 0. The third-order valence-corrected chi connectivity index (χ3v) is 3.04. The number of hydrogen-bond acceptors (Lipinski definition) is 2. The van der Waals surface area contributed by atoms with Gasteiger partial charge in [0.2, 0.25) is 5.56 Å². The fourth-order valence-corrected chi connectivity index (χ4v) is 1.91. The summed E-state index contributed by atoms with van der Waals surface area (Å²) in [6.07, 6.45) is 1.48. The molecule has 98 valence electrons. The van der Waals surface area contributed by atoms with Gasteiger partial charge in [0, 0.05) is 31.4 Å². The Bertz CT molecular complexity index is 646. The molecule has 0 aliphatic rings. The molecule has 2 rings (SSSR count). The lowest BCUT2D eigenvalue weighted by Gasteiger charge is -2.18. The van der Waals surface area contributed by atoms with Crippen LogP contribution in [-0.2, 0) is 6.54 Å². The van der Waals surface area contributed by atoms with E-state index in [2.05, 4.69) is 4.98 Å². The van der Waals surface area contributed by atoms with Gasteiger partial charge in [-0.25, -0.2) is 0 Å². The monoisotopic (exact) mass is 256 g/mol. The van der Waals surface area contributed by atoms with Gasteiger partial charge in [0.05, 0.1) is 0 Å². The van der Waals surface area contributed by atoms with Crippen LogP contribution >= 0.6 is 0 Å². The predicted octanol–water partition coefficient (Wildman–Crippen LogP) is 1.96. The highest BCUT2D eigenvalue weighted by Crippen LogP contribution is 2.11. The molecule has 4 nitrogen and oxygen atoms in total. The maximum atomic E-state index is 12.2. The van der Waals surface area contributed by atoms with Crippen LogP contribution in [0, 0.1) is 6.92 Å². The molecule has 0 spiro atoms. The van der Waals surface area contributed by atoms with Gasteiger partial charge in [-0.2, -0.15) is 0 Å². The van der Waals surface area contributed by atoms with Crippen molar-refractivity contribution in [2.45, 2.75) is 13.5 Å². The molecular formula is C15H16N2O2. The molecule has 0 aliphatic heterocycles. The number of pyridine rings is 1. The average Bonchev–Trinajstić information content (AvgIpc) is 2.40. The molecule has 0 saturated heterocycles. The molecule has 0 unspecified atom stereocenters. The molecular weight excluding hydrogens is 240 g/mol. The van der Waals surface area contributed by atoms with Crippen molar-refractivity contribution >= 4 is 5.91 Å². The Morgan fingerprint density at radius 2 is 2.00 bits per heavy atom. The summed E-state index contributed by atoms with van der Waals surface area (Å²) in [5.41, 5.74) is 2.38. The summed E-state index contributed by atoms with van der Waals surface area (Å²) >= 11 is 0. The van der Waals surface area contributed by atoms with E-state index in [0.29, 0.717) is 12.1 Å². The number of benzene rings is 1. The SMILES string of the molecule is Cc1ccccc1CN(C)C(=O)c1cc[nH]c(=O)c1. The lowest BCUT2D eigenvalue weighted by Crippen LogP contribution is -2.27. The number of aromatic nitrogens is 1. The van der Waals surface area contributed by atoms with Gasteiger partial charge >= 0.3 is 0 Å². The molecule has 19 heavy (non-hydrogen) atoms. The molecule has 1 N–H and O–H groups in total. The van der Waals surface area contributed by atoms with E-state index in [9.17, 15) is 9.59 Å². The normalized spacial score (nSPS) is 10.2. The first-order chi connectivity index (χ1) is 9.08. The van der Waals surface area contributed by atoms with E-state index in [1.165, 1.54) is 12.3 Å². The summed E-state index contributed by atoms with van der Waals surface area (Å²) in [6.45, 7) is 2.54.